The van der Waals surface area contributed by atoms with Gasteiger partial charge < -0.3 is 14.8 Å². The fourth-order valence-corrected chi connectivity index (χ4v) is 3.03. The molecule has 0 aliphatic carbocycles. The van der Waals surface area contributed by atoms with E-state index >= 15 is 0 Å². The predicted octanol–water partition coefficient (Wildman–Crippen LogP) is 2.47. The van der Waals surface area contributed by atoms with Crippen molar-refractivity contribution in [2.45, 2.75) is 18.2 Å². The summed E-state index contributed by atoms with van der Waals surface area (Å²) in [6, 6.07) is 6.31. The van der Waals surface area contributed by atoms with Crippen molar-refractivity contribution >= 4 is 11.8 Å². The van der Waals surface area contributed by atoms with Crippen molar-refractivity contribution in [3.8, 4) is 11.5 Å². The summed E-state index contributed by atoms with van der Waals surface area (Å²) >= 11 is 1.99. The molecule has 2 atom stereocenters. The van der Waals surface area contributed by atoms with Gasteiger partial charge in [-0.15, -0.1) is 0 Å². The molecule has 4 heteroatoms. The van der Waals surface area contributed by atoms with Gasteiger partial charge in [0, 0.05) is 29.2 Å². The first-order valence-corrected chi connectivity index (χ1v) is 6.86. The van der Waals surface area contributed by atoms with Gasteiger partial charge in [0.1, 0.15) is 11.5 Å². The first-order chi connectivity index (χ1) is 8.24. The summed E-state index contributed by atoms with van der Waals surface area (Å²) in [5.74, 6) is 2.88. The summed E-state index contributed by atoms with van der Waals surface area (Å²) in [5, 5.41) is 4.24. The Morgan fingerprint density at radius 3 is 2.71 bits per heavy atom. The van der Waals surface area contributed by atoms with E-state index < -0.39 is 0 Å². The topological polar surface area (TPSA) is 30.5 Å². The minimum absolute atomic E-state index is 0.348. The van der Waals surface area contributed by atoms with E-state index in [0.29, 0.717) is 11.3 Å². The Labute approximate surface area is 107 Å². The highest BCUT2D eigenvalue weighted by molar-refractivity contribution is 8.00. The maximum atomic E-state index is 5.42. The fourth-order valence-electron chi connectivity index (χ4n) is 2.00. The molecule has 94 valence electrons. The highest BCUT2D eigenvalue weighted by Gasteiger charge is 2.22. The molecule has 0 saturated carbocycles. The molecule has 3 nitrogen and oxygen atoms in total. The van der Waals surface area contributed by atoms with Gasteiger partial charge in [0.15, 0.2) is 0 Å². The van der Waals surface area contributed by atoms with Gasteiger partial charge in [-0.2, -0.15) is 11.8 Å². The van der Waals surface area contributed by atoms with Crippen molar-refractivity contribution in [1.29, 1.82) is 0 Å². The molecule has 0 radical (unpaired) electrons. The maximum Gasteiger partial charge on any atom is 0.123 e. The number of hydrogen-bond acceptors (Lipinski definition) is 4. The molecule has 0 spiro atoms. The predicted molar refractivity (Wildman–Crippen MR) is 72.2 cm³/mol. The van der Waals surface area contributed by atoms with Gasteiger partial charge in [-0.05, 0) is 18.2 Å². The SMILES string of the molecule is COc1ccc(OC)c(C2CSC(C)CN2)c1. The number of nitrogens with one attached hydrogen (secondary N) is 1. The number of rotatable bonds is 3. The third-order valence-corrected chi connectivity index (χ3v) is 4.27. The lowest BCUT2D eigenvalue weighted by Crippen LogP contribution is -2.34. The van der Waals surface area contributed by atoms with Crippen molar-refractivity contribution in [3.05, 3.63) is 23.8 Å². The fraction of sp³-hybridized carbons (Fsp3) is 0.538. The second kappa shape index (κ2) is 5.65. The Kier molecular flexibility index (Phi) is 4.18. The van der Waals surface area contributed by atoms with Gasteiger partial charge in [0.2, 0.25) is 0 Å². The van der Waals surface area contributed by atoms with E-state index in [4.69, 9.17) is 9.47 Å². The molecular formula is C13H19NO2S. The van der Waals surface area contributed by atoms with Crippen molar-refractivity contribution in [2.24, 2.45) is 0 Å². The number of hydrogen-bond donors (Lipinski definition) is 1. The Balaban J connectivity index is 2.23. The Hall–Kier alpha value is -0.870. The van der Waals surface area contributed by atoms with Crippen LogP contribution < -0.4 is 14.8 Å². The van der Waals surface area contributed by atoms with Crippen LogP contribution in [0.3, 0.4) is 0 Å². The molecule has 0 aromatic heterocycles. The lowest BCUT2D eigenvalue weighted by Gasteiger charge is -2.29. The molecule has 1 N–H and O–H groups in total. The van der Waals surface area contributed by atoms with Gasteiger partial charge in [-0.1, -0.05) is 6.92 Å². The second-order valence-corrected chi connectivity index (χ2v) is 5.68. The highest BCUT2D eigenvalue weighted by Crippen LogP contribution is 2.33. The van der Waals surface area contributed by atoms with Crippen LogP contribution in [0, 0.1) is 0 Å². The average Bonchev–Trinajstić information content (AvgIpc) is 2.39. The van der Waals surface area contributed by atoms with Crippen LogP contribution in [-0.2, 0) is 0 Å². The first-order valence-electron chi connectivity index (χ1n) is 5.81. The quantitative estimate of drug-likeness (QED) is 0.896. The van der Waals surface area contributed by atoms with E-state index in [0.717, 1.165) is 23.8 Å². The molecule has 0 bridgehead atoms. The van der Waals surface area contributed by atoms with Gasteiger partial charge in [-0.3, -0.25) is 0 Å². The van der Waals surface area contributed by atoms with Crippen LogP contribution in [0.1, 0.15) is 18.5 Å². The Bertz CT molecular complexity index is 376. The maximum absolute atomic E-state index is 5.42. The standard InChI is InChI=1S/C13H19NO2S/c1-9-7-14-12(8-17-9)11-6-10(15-2)4-5-13(11)16-3/h4-6,9,12,14H,7-8H2,1-3H3. The summed E-state index contributed by atoms with van der Waals surface area (Å²) in [4.78, 5) is 0. The van der Waals surface area contributed by atoms with E-state index in [-0.39, 0.29) is 0 Å². The number of thioether (sulfide) groups is 1. The Morgan fingerprint density at radius 2 is 2.12 bits per heavy atom. The highest BCUT2D eigenvalue weighted by atomic mass is 32.2. The largest absolute Gasteiger partial charge is 0.497 e. The third kappa shape index (κ3) is 2.87. The number of ether oxygens (including phenoxy) is 2. The van der Waals surface area contributed by atoms with E-state index in [1.807, 2.05) is 23.9 Å². The minimum atomic E-state index is 0.348. The lowest BCUT2D eigenvalue weighted by atomic mass is 10.1. The lowest BCUT2D eigenvalue weighted by molar-refractivity contribution is 0.391. The molecule has 2 unspecified atom stereocenters. The van der Waals surface area contributed by atoms with Gasteiger partial charge in [0.25, 0.3) is 0 Å². The van der Waals surface area contributed by atoms with Crippen LogP contribution in [0.25, 0.3) is 0 Å². The molecule has 1 saturated heterocycles. The van der Waals surface area contributed by atoms with Crippen LogP contribution in [0.15, 0.2) is 18.2 Å². The summed E-state index contributed by atoms with van der Waals surface area (Å²) in [6.07, 6.45) is 0. The van der Waals surface area contributed by atoms with Crippen LogP contribution in [0.5, 0.6) is 11.5 Å². The van der Waals surface area contributed by atoms with Gasteiger partial charge in [-0.25, -0.2) is 0 Å². The molecule has 1 aliphatic rings. The monoisotopic (exact) mass is 253 g/mol. The van der Waals surface area contributed by atoms with Crippen molar-refractivity contribution in [3.63, 3.8) is 0 Å². The van der Waals surface area contributed by atoms with E-state index in [1.165, 1.54) is 5.56 Å². The smallest absolute Gasteiger partial charge is 0.123 e. The third-order valence-electron chi connectivity index (χ3n) is 3.01. The summed E-state index contributed by atoms with van der Waals surface area (Å²) < 4.78 is 10.7. The molecule has 0 amide bonds. The van der Waals surface area contributed by atoms with Crippen LogP contribution in [0.4, 0.5) is 0 Å². The molecule has 2 rings (SSSR count). The van der Waals surface area contributed by atoms with E-state index in [9.17, 15) is 0 Å². The molecule has 1 aromatic rings. The zero-order valence-corrected chi connectivity index (χ0v) is 11.3. The zero-order chi connectivity index (χ0) is 12.3. The van der Waals surface area contributed by atoms with Crippen LogP contribution in [-0.4, -0.2) is 31.8 Å². The molecule has 17 heavy (non-hydrogen) atoms. The minimum Gasteiger partial charge on any atom is -0.497 e. The molecule has 1 fully saturated rings. The van der Waals surface area contributed by atoms with Crippen molar-refractivity contribution < 1.29 is 9.47 Å². The number of methoxy groups -OCH3 is 2. The molecule has 1 heterocycles. The van der Waals surface area contributed by atoms with Crippen molar-refractivity contribution in [2.75, 3.05) is 26.5 Å². The molecule has 1 aromatic carbocycles. The van der Waals surface area contributed by atoms with Crippen LogP contribution >= 0.6 is 11.8 Å². The summed E-state index contributed by atoms with van der Waals surface area (Å²) in [5.41, 5.74) is 1.19. The normalized spacial score (nSPS) is 24.4. The first kappa shape index (κ1) is 12.6. The van der Waals surface area contributed by atoms with Gasteiger partial charge >= 0.3 is 0 Å². The zero-order valence-electron chi connectivity index (χ0n) is 10.5. The van der Waals surface area contributed by atoms with Crippen LogP contribution in [0.2, 0.25) is 0 Å². The van der Waals surface area contributed by atoms with E-state index in [1.54, 1.807) is 14.2 Å². The summed E-state index contributed by atoms with van der Waals surface area (Å²) in [7, 11) is 3.40. The second-order valence-electron chi connectivity index (χ2n) is 4.21. The van der Waals surface area contributed by atoms with Crippen molar-refractivity contribution in [1.82, 2.24) is 5.32 Å². The van der Waals surface area contributed by atoms with E-state index in [2.05, 4.69) is 18.3 Å². The molecule has 1 aliphatic heterocycles. The average molecular weight is 253 g/mol. The molecular weight excluding hydrogens is 234 g/mol. The number of benzene rings is 1. The van der Waals surface area contributed by atoms with Gasteiger partial charge in [0.05, 0.1) is 14.2 Å². The summed E-state index contributed by atoms with van der Waals surface area (Å²) in [6.45, 7) is 3.28. The Morgan fingerprint density at radius 1 is 1.29 bits per heavy atom.